The summed E-state index contributed by atoms with van der Waals surface area (Å²) in [5.41, 5.74) is 0.584. The fraction of sp³-hybridized carbons (Fsp3) is 0.519. The number of carbonyl (C=O) groups is 2. The van der Waals surface area contributed by atoms with E-state index in [-0.39, 0.29) is 77.3 Å². The zero-order valence-corrected chi connectivity index (χ0v) is 46.1. The third kappa shape index (κ3) is 11.3. The lowest BCUT2D eigenvalue weighted by molar-refractivity contribution is -0.136. The number of hydrogen-bond acceptors (Lipinski definition) is 10. The maximum Gasteiger partial charge on any atom is 0.498 e. The molecular weight excluding hydrogens is 1130 g/mol. The van der Waals surface area contributed by atoms with E-state index in [2.05, 4.69) is 35.4 Å². The van der Waals surface area contributed by atoms with Gasteiger partial charge in [-0.15, -0.1) is 0 Å². The number of alkyl halides is 4. The van der Waals surface area contributed by atoms with E-state index in [1.54, 1.807) is 23.8 Å². The predicted molar refractivity (Wildman–Crippen MR) is 292 cm³/mol. The number of amides is 2. The van der Waals surface area contributed by atoms with Crippen LogP contribution in [-0.4, -0.2) is 110 Å². The number of benzene rings is 2. The first-order chi connectivity index (χ1) is 35.9. The summed E-state index contributed by atoms with van der Waals surface area (Å²) < 4.78 is 111. The summed E-state index contributed by atoms with van der Waals surface area (Å²) in [6.45, 7) is 14.6. The van der Waals surface area contributed by atoms with Crippen LogP contribution in [0.3, 0.4) is 0 Å². The molecule has 0 N–H and O–H groups in total. The largest absolute Gasteiger partial charge is 0.498 e. The number of hydrogen-bond donors (Lipinski definition) is 0. The van der Waals surface area contributed by atoms with E-state index in [9.17, 15) is 31.5 Å². The molecule has 422 valence electrons. The van der Waals surface area contributed by atoms with Gasteiger partial charge >= 0.3 is 7.12 Å². The summed E-state index contributed by atoms with van der Waals surface area (Å²) in [5.74, 6) is 1.08. The van der Waals surface area contributed by atoms with Crippen molar-refractivity contribution in [2.75, 3.05) is 40.5 Å². The van der Waals surface area contributed by atoms with Crippen molar-refractivity contribution in [1.82, 2.24) is 38.9 Å². The molecule has 2 amide bonds. The Kier molecular flexibility index (Phi) is 18.5. The number of halogens is 9. The molecular formula is C54H64BBrCl2F6N8O6. The number of rotatable bonds is 6. The molecule has 2 unspecified atom stereocenters. The van der Waals surface area contributed by atoms with Crippen molar-refractivity contribution >= 4 is 85.3 Å². The second kappa shape index (κ2) is 23.7. The molecule has 0 bridgehead atoms. The first-order valence-corrected chi connectivity index (χ1v) is 26.5. The highest BCUT2D eigenvalue weighted by Crippen LogP contribution is 2.43. The molecule has 5 aliphatic heterocycles. The Balaban J connectivity index is 0.000000174. The molecule has 14 nitrogen and oxygen atoms in total. The lowest BCUT2D eigenvalue weighted by Gasteiger charge is -2.32. The number of imidazole rings is 2. The van der Waals surface area contributed by atoms with Gasteiger partial charge < -0.3 is 37.7 Å². The number of fused-ring (bicyclic) bond motifs is 4. The standard InChI is InChI=1S/C23H22ClF3N4O2.C16H16BClF3NO2.C13H18BrN3O2.2CH4/c1-11-23(32)30(2)10-17-19(29-22(31(11)17)12-5-7-33-8-6-12)18-13-9-14(21(26)27)20(24)28-16(13)4-3-15(18)25;1-15(2)16(3,4)24-17(23-15)12-8-7-9(14(20)21)13(18)22-11(8)6-5-10(12)19;1-8-13(18)16(2)7-10-11(14)15-12(17(8)10)9-3-5-19-6-4-9;;/h3-4,9,11-12,21H,5-8,10H2,1-2H3;5-7,14H,1-4H3;8-9H,3-7H2,1-2H3;2*1H4. The van der Waals surface area contributed by atoms with Crippen molar-refractivity contribution in [3.63, 3.8) is 0 Å². The maximum atomic E-state index is 15.3. The molecule has 0 spiro atoms. The van der Waals surface area contributed by atoms with Crippen LogP contribution in [0.5, 0.6) is 0 Å². The molecule has 78 heavy (non-hydrogen) atoms. The van der Waals surface area contributed by atoms with Gasteiger partial charge in [-0.05, 0) is 120 Å². The molecule has 2 aromatic carbocycles. The lowest BCUT2D eigenvalue weighted by Crippen LogP contribution is -2.41. The zero-order chi connectivity index (χ0) is 54.9. The van der Waals surface area contributed by atoms with Gasteiger partial charge in [-0.1, -0.05) is 38.1 Å². The van der Waals surface area contributed by atoms with Gasteiger partial charge in [0.25, 0.3) is 12.9 Å². The van der Waals surface area contributed by atoms with Crippen LogP contribution in [0.1, 0.15) is 153 Å². The Hall–Kier alpha value is -4.84. The Morgan fingerprint density at radius 3 is 1.56 bits per heavy atom. The normalized spacial score (nSPS) is 20.3. The average molecular weight is 1200 g/mol. The molecule has 24 heteroatoms. The van der Waals surface area contributed by atoms with E-state index in [1.807, 2.05) is 46.2 Å². The number of carbonyl (C=O) groups excluding carboxylic acids is 2. The monoisotopic (exact) mass is 1190 g/mol. The highest BCUT2D eigenvalue weighted by Gasteiger charge is 2.53. The number of aromatic nitrogens is 6. The molecule has 0 aliphatic carbocycles. The number of likely N-dealkylation sites (N-methyl/N-ethyl adjacent to an activating group) is 2. The predicted octanol–water partition coefficient (Wildman–Crippen LogP) is 12.9. The highest BCUT2D eigenvalue weighted by molar-refractivity contribution is 9.10. The third-order valence-corrected chi connectivity index (χ3v) is 16.5. The average Bonchev–Trinajstić information content (AvgIpc) is 4.11. The molecule has 3 saturated heterocycles. The Bertz CT molecular complexity index is 3210. The van der Waals surface area contributed by atoms with Gasteiger partial charge in [-0.25, -0.2) is 46.3 Å². The first kappa shape index (κ1) is 60.8. The van der Waals surface area contributed by atoms with Crippen LogP contribution in [0.4, 0.5) is 26.3 Å². The molecule has 6 aromatic rings. The van der Waals surface area contributed by atoms with Crippen molar-refractivity contribution in [3.8, 4) is 11.3 Å². The third-order valence-electron chi connectivity index (χ3n) is 15.3. The maximum absolute atomic E-state index is 15.3. The van der Waals surface area contributed by atoms with Gasteiger partial charge in [0.2, 0.25) is 11.8 Å². The molecule has 0 saturated carbocycles. The summed E-state index contributed by atoms with van der Waals surface area (Å²) in [6.07, 6.45) is -2.24. The van der Waals surface area contributed by atoms with E-state index in [0.29, 0.717) is 53.9 Å². The summed E-state index contributed by atoms with van der Waals surface area (Å²) >= 11 is 15.3. The van der Waals surface area contributed by atoms with Crippen LogP contribution in [0, 0.1) is 11.6 Å². The zero-order valence-electron chi connectivity index (χ0n) is 43.0. The number of ether oxygens (including phenoxy) is 2. The number of pyridine rings is 2. The molecule has 0 radical (unpaired) electrons. The summed E-state index contributed by atoms with van der Waals surface area (Å²) in [5, 5.41) is -0.206. The molecule has 4 aromatic heterocycles. The van der Waals surface area contributed by atoms with E-state index in [0.717, 1.165) is 61.1 Å². The van der Waals surface area contributed by atoms with Crippen molar-refractivity contribution in [2.24, 2.45) is 0 Å². The lowest BCUT2D eigenvalue weighted by atomic mass is 9.76. The molecule has 9 heterocycles. The van der Waals surface area contributed by atoms with Gasteiger partial charge in [0.1, 0.15) is 50.3 Å². The van der Waals surface area contributed by atoms with Crippen molar-refractivity contribution in [2.45, 2.75) is 143 Å². The van der Waals surface area contributed by atoms with Gasteiger partial charge in [-0.2, -0.15) is 0 Å². The van der Waals surface area contributed by atoms with Crippen molar-refractivity contribution in [1.29, 1.82) is 0 Å². The van der Waals surface area contributed by atoms with Gasteiger partial charge in [0.15, 0.2) is 0 Å². The van der Waals surface area contributed by atoms with Gasteiger partial charge in [0, 0.05) is 74.2 Å². The summed E-state index contributed by atoms with van der Waals surface area (Å²) in [7, 11) is 2.51. The minimum atomic E-state index is -2.86. The molecule has 5 aliphatic rings. The smallest absolute Gasteiger partial charge is 0.399 e. The molecule has 3 fully saturated rings. The quantitative estimate of drug-likeness (QED) is 0.0900. The topological polar surface area (TPSA) is 139 Å². The van der Waals surface area contributed by atoms with E-state index >= 15 is 4.39 Å². The minimum Gasteiger partial charge on any atom is -0.399 e. The van der Waals surface area contributed by atoms with E-state index in [1.165, 1.54) is 30.3 Å². The van der Waals surface area contributed by atoms with Crippen LogP contribution in [-0.2, 0) is 41.5 Å². The second-order valence-electron chi connectivity index (χ2n) is 20.7. The Morgan fingerprint density at radius 1 is 0.654 bits per heavy atom. The number of nitrogens with zero attached hydrogens (tertiary/aromatic N) is 8. The van der Waals surface area contributed by atoms with E-state index < -0.39 is 60.0 Å². The van der Waals surface area contributed by atoms with E-state index in [4.69, 9.17) is 47.0 Å². The van der Waals surface area contributed by atoms with Gasteiger partial charge in [0.05, 0.1) is 63.5 Å². The van der Waals surface area contributed by atoms with Crippen LogP contribution >= 0.6 is 39.1 Å². The minimum absolute atomic E-state index is 0. The summed E-state index contributed by atoms with van der Waals surface area (Å²) in [4.78, 5) is 45.8. The SMILES string of the molecule is C.C.CC1(C)OB(c2c(F)ccc3nc(Cl)c(C(F)F)cc23)OC1(C)C.CC1C(=O)N(C)Cc2c(-c3c(F)ccc4nc(Cl)c(C(F)F)cc34)nc(C3CCOCC3)n21.CC1C(=O)N(C)Cc2c(Br)nc(C3CCOCC3)n21. The summed E-state index contributed by atoms with van der Waals surface area (Å²) in [6, 6.07) is 6.91. The van der Waals surface area contributed by atoms with Crippen molar-refractivity contribution in [3.05, 3.63) is 97.1 Å². The second-order valence-corrected chi connectivity index (χ2v) is 22.1. The first-order valence-electron chi connectivity index (χ1n) is 24.9. The Labute approximate surface area is 468 Å². The van der Waals surface area contributed by atoms with Gasteiger partial charge in [-0.3, -0.25) is 9.59 Å². The highest BCUT2D eigenvalue weighted by atomic mass is 79.9. The van der Waals surface area contributed by atoms with Crippen LogP contribution in [0.15, 0.2) is 41.0 Å². The fourth-order valence-corrected chi connectivity index (χ4v) is 11.4. The van der Waals surface area contributed by atoms with Crippen molar-refractivity contribution < 1.29 is 54.7 Å². The Morgan fingerprint density at radius 2 is 1.08 bits per heavy atom. The van der Waals surface area contributed by atoms with Crippen LogP contribution < -0.4 is 5.46 Å². The molecule has 11 rings (SSSR count). The van der Waals surface area contributed by atoms with Crippen LogP contribution in [0.2, 0.25) is 10.3 Å². The fourth-order valence-electron chi connectivity index (χ4n) is 10.4. The molecule has 2 atom stereocenters. The van der Waals surface area contributed by atoms with Crippen LogP contribution in [0.25, 0.3) is 33.1 Å².